The second-order valence-corrected chi connectivity index (χ2v) is 5.03. The van der Waals surface area contributed by atoms with Crippen LogP contribution in [0.4, 0.5) is 11.4 Å². The molecular weight excluding hydrogens is 282 g/mol. The molecule has 1 N–H and O–H groups in total. The van der Waals surface area contributed by atoms with Crippen molar-refractivity contribution in [2.45, 2.75) is 6.54 Å². The Kier molecular flexibility index (Phi) is 4.73. The zero-order valence-electron chi connectivity index (χ0n) is 12.4. The molecule has 0 aromatic heterocycles. The van der Waals surface area contributed by atoms with E-state index in [1.807, 2.05) is 43.3 Å². The minimum Gasteiger partial charge on any atom is -0.507 e. The third kappa shape index (κ3) is 3.82. The number of nitrogens with zero attached hydrogens (tertiary/aromatic N) is 3. The highest BCUT2D eigenvalue weighted by molar-refractivity contribution is 5.84. The Morgan fingerprint density at radius 1 is 1.23 bits per heavy atom. The van der Waals surface area contributed by atoms with Crippen LogP contribution in [0, 0.1) is 10.1 Å². The maximum atomic E-state index is 10.7. The molecule has 0 spiro atoms. The summed E-state index contributed by atoms with van der Waals surface area (Å²) in [7, 11) is 3.94. The number of aromatic hydroxyl groups is 1. The van der Waals surface area contributed by atoms with Gasteiger partial charge in [0.15, 0.2) is 0 Å². The van der Waals surface area contributed by atoms with E-state index in [0.29, 0.717) is 12.1 Å². The number of phenolic OH excluding ortho intramolecular Hbond substituents is 1. The molecule has 0 aliphatic heterocycles. The molecule has 114 valence electrons. The van der Waals surface area contributed by atoms with Crippen molar-refractivity contribution in [2.24, 2.45) is 4.99 Å². The van der Waals surface area contributed by atoms with Gasteiger partial charge in [-0.3, -0.25) is 15.1 Å². The van der Waals surface area contributed by atoms with Crippen molar-refractivity contribution >= 4 is 17.6 Å². The number of benzene rings is 2. The predicted molar refractivity (Wildman–Crippen MR) is 86.8 cm³/mol. The van der Waals surface area contributed by atoms with Crippen molar-refractivity contribution in [1.29, 1.82) is 0 Å². The smallest absolute Gasteiger partial charge is 0.270 e. The van der Waals surface area contributed by atoms with Gasteiger partial charge in [-0.2, -0.15) is 0 Å². The van der Waals surface area contributed by atoms with E-state index < -0.39 is 4.92 Å². The fraction of sp³-hybridized carbons (Fsp3) is 0.188. The van der Waals surface area contributed by atoms with Crippen molar-refractivity contribution in [2.75, 3.05) is 19.0 Å². The minimum atomic E-state index is -0.503. The lowest BCUT2D eigenvalue weighted by atomic mass is 10.2. The molecule has 0 radical (unpaired) electrons. The molecule has 0 heterocycles. The van der Waals surface area contributed by atoms with Gasteiger partial charge in [-0.05, 0) is 23.8 Å². The van der Waals surface area contributed by atoms with E-state index in [9.17, 15) is 15.2 Å². The summed E-state index contributed by atoms with van der Waals surface area (Å²) in [6.07, 6.45) is 1.45. The summed E-state index contributed by atoms with van der Waals surface area (Å²) in [5.74, 6) is -0.0303. The first kappa shape index (κ1) is 15.5. The largest absolute Gasteiger partial charge is 0.507 e. The summed E-state index contributed by atoms with van der Waals surface area (Å²) in [6.45, 7) is 0.440. The van der Waals surface area contributed by atoms with Gasteiger partial charge in [0, 0.05) is 43.7 Å². The van der Waals surface area contributed by atoms with E-state index in [1.54, 1.807) is 0 Å². The standard InChI is InChI=1S/C16H17N3O3/c1-18(2)14-5-3-12(4-6-14)10-17-11-13-9-15(19(21)22)7-8-16(13)20/h3-9,11,20H,10H2,1-2H3. The van der Waals surface area contributed by atoms with E-state index in [0.717, 1.165) is 11.3 Å². The molecular formula is C16H17N3O3. The lowest BCUT2D eigenvalue weighted by molar-refractivity contribution is -0.384. The van der Waals surface area contributed by atoms with Crippen LogP contribution in [-0.2, 0) is 6.54 Å². The van der Waals surface area contributed by atoms with Gasteiger partial charge >= 0.3 is 0 Å². The Morgan fingerprint density at radius 3 is 2.50 bits per heavy atom. The van der Waals surface area contributed by atoms with Crippen molar-refractivity contribution < 1.29 is 10.0 Å². The Bertz CT molecular complexity index is 694. The summed E-state index contributed by atoms with van der Waals surface area (Å²) in [5.41, 5.74) is 2.38. The third-order valence-electron chi connectivity index (χ3n) is 3.18. The molecule has 0 unspecified atom stereocenters. The van der Waals surface area contributed by atoms with Crippen molar-refractivity contribution in [1.82, 2.24) is 0 Å². The van der Waals surface area contributed by atoms with Crippen molar-refractivity contribution in [3.05, 3.63) is 63.7 Å². The van der Waals surface area contributed by atoms with Crippen LogP contribution < -0.4 is 4.90 Å². The van der Waals surface area contributed by atoms with E-state index in [1.165, 1.54) is 24.4 Å². The molecule has 0 bridgehead atoms. The van der Waals surface area contributed by atoms with E-state index in [4.69, 9.17) is 0 Å². The molecule has 2 aromatic rings. The second-order valence-electron chi connectivity index (χ2n) is 5.03. The molecule has 6 nitrogen and oxygen atoms in total. The molecule has 22 heavy (non-hydrogen) atoms. The predicted octanol–water partition coefficient (Wildman–Crippen LogP) is 2.99. The number of rotatable bonds is 5. The maximum absolute atomic E-state index is 10.7. The van der Waals surface area contributed by atoms with Gasteiger partial charge in [-0.25, -0.2) is 0 Å². The Morgan fingerprint density at radius 2 is 1.91 bits per heavy atom. The van der Waals surface area contributed by atoms with Crippen molar-refractivity contribution in [3.8, 4) is 5.75 Å². The monoisotopic (exact) mass is 299 g/mol. The number of nitro groups is 1. The molecule has 2 rings (SSSR count). The number of nitro benzene ring substituents is 1. The quantitative estimate of drug-likeness (QED) is 0.523. The minimum absolute atomic E-state index is 0.0303. The first-order chi connectivity index (χ1) is 10.5. The maximum Gasteiger partial charge on any atom is 0.270 e. The van der Waals surface area contributed by atoms with Gasteiger partial charge in [-0.15, -0.1) is 0 Å². The number of hydrogen-bond acceptors (Lipinski definition) is 5. The fourth-order valence-corrected chi connectivity index (χ4v) is 1.91. The average Bonchev–Trinajstić information content (AvgIpc) is 2.49. The Balaban J connectivity index is 2.09. The zero-order chi connectivity index (χ0) is 16.1. The molecule has 0 aliphatic rings. The molecule has 2 aromatic carbocycles. The highest BCUT2D eigenvalue weighted by Crippen LogP contribution is 2.21. The van der Waals surface area contributed by atoms with Crippen molar-refractivity contribution in [3.63, 3.8) is 0 Å². The lowest BCUT2D eigenvalue weighted by Crippen LogP contribution is -2.08. The van der Waals surface area contributed by atoms with Gasteiger partial charge in [-0.1, -0.05) is 12.1 Å². The normalized spacial score (nSPS) is 10.8. The van der Waals surface area contributed by atoms with Gasteiger partial charge in [0.2, 0.25) is 0 Å². The van der Waals surface area contributed by atoms with Crippen LogP contribution in [0.3, 0.4) is 0 Å². The first-order valence-corrected chi connectivity index (χ1v) is 6.71. The van der Waals surface area contributed by atoms with Crippen LogP contribution in [0.1, 0.15) is 11.1 Å². The van der Waals surface area contributed by atoms with Crippen LogP contribution in [0.25, 0.3) is 0 Å². The van der Waals surface area contributed by atoms with Crippen LogP contribution in [0.2, 0.25) is 0 Å². The third-order valence-corrected chi connectivity index (χ3v) is 3.18. The number of aliphatic imine (C=N–C) groups is 1. The molecule has 0 saturated heterocycles. The number of non-ortho nitro benzene ring substituents is 1. The second kappa shape index (κ2) is 6.71. The van der Waals surface area contributed by atoms with Crippen LogP contribution in [-0.4, -0.2) is 30.3 Å². The summed E-state index contributed by atoms with van der Waals surface area (Å²) >= 11 is 0. The van der Waals surface area contributed by atoms with Gasteiger partial charge in [0.25, 0.3) is 5.69 Å². The van der Waals surface area contributed by atoms with Crippen LogP contribution in [0.15, 0.2) is 47.5 Å². The van der Waals surface area contributed by atoms with Gasteiger partial charge in [0.05, 0.1) is 11.5 Å². The van der Waals surface area contributed by atoms with E-state index >= 15 is 0 Å². The molecule has 0 amide bonds. The summed E-state index contributed by atoms with van der Waals surface area (Å²) < 4.78 is 0. The lowest BCUT2D eigenvalue weighted by Gasteiger charge is -2.12. The summed E-state index contributed by atoms with van der Waals surface area (Å²) in [4.78, 5) is 16.5. The molecule has 0 saturated carbocycles. The highest BCUT2D eigenvalue weighted by Gasteiger charge is 2.08. The van der Waals surface area contributed by atoms with Gasteiger partial charge < -0.3 is 10.0 Å². The van der Waals surface area contributed by atoms with Gasteiger partial charge in [0.1, 0.15) is 5.75 Å². The summed E-state index contributed by atoms with van der Waals surface area (Å²) in [5, 5.41) is 20.4. The zero-order valence-corrected chi connectivity index (χ0v) is 12.4. The highest BCUT2D eigenvalue weighted by atomic mass is 16.6. The van der Waals surface area contributed by atoms with Crippen LogP contribution >= 0.6 is 0 Å². The Labute approximate surface area is 128 Å². The van der Waals surface area contributed by atoms with E-state index in [-0.39, 0.29) is 11.4 Å². The molecule has 0 fully saturated rings. The number of hydrogen-bond donors (Lipinski definition) is 1. The summed E-state index contributed by atoms with van der Waals surface area (Å²) in [6, 6.07) is 11.8. The Hall–Kier alpha value is -2.89. The SMILES string of the molecule is CN(C)c1ccc(CN=Cc2cc([N+](=O)[O-])ccc2O)cc1. The average molecular weight is 299 g/mol. The fourth-order valence-electron chi connectivity index (χ4n) is 1.91. The molecule has 0 atom stereocenters. The topological polar surface area (TPSA) is 79.0 Å². The van der Waals surface area contributed by atoms with Crippen LogP contribution in [0.5, 0.6) is 5.75 Å². The number of phenols is 1. The van der Waals surface area contributed by atoms with E-state index in [2.05, 4.69) is 4.99 Å². The molecule has 6 heteroatoms. The molecule has 0 aliphatic carbocycles. The first-order valence-electron chi connectivity index (χ1n) is 6.71. The number of anilines is 1.